The lowest BCUT2D eigenvalue weighted by molar-refractivity contribution is -0.139. The van der Waals surface area contributed by atoms with Crippen LogP contribution in [0.4, 0.5) is 13.2 Å². The second-order valence-corrected chi connectivity index (χ2v) is 10.1. The number of carboxylic acid groups (broad SMARTS) is 1. The number of carbonyl (C=O) groups is 1. The van der Waals surface area contributed by atoms with Crippen LogP contribution >= 0.6 is 0 Å². The fourth-order valence-electron chi connectivity index (χ4n) is 4.90. The summed E-state index contributed by atoms with van der Waals surface area (Å²) in [5, 5.41) is 19.0. The van der Waals surface area contributed by atoms with E-state index in [0.717, 1.165) is 23.4 Å². The first kappa shape index (κ1) is 25.0. The number of hydrogen-bond donors (Lipinski definition) is 2. The summed E-state index contributed by atoms with van der Waals surface area (Å²) >= 11 is 0. The third-order valence-corrected chi connectivity index (χ3v) is 6.65. The first-order valence-electron chi connectivity index (χ1n) is 11.8. The molecule has 1 unspecified atom stereocenters. The van der Waals surface area contributed by atoms with E-state index >= 15 is 0 Å². The molecule has 0 saturated heterocycles. The van der Waals surface area contributed by atoms with Gasteiger partial charge >= 0.3 is 12.1 Å². The lowest BCUT2D eigenvalue weighted by Crippen LogP contribution is -2.28. The van der Waals surface area contributed by atoms with E-state index < -0.39 is 23.3 Å². The number of hydrogen-bond acceptors (Lipinski definition) is 6. The minimum atomic E-state index is -4.65. The average Bonchev–Trinajstić information content (AvgIpc) is 3.43. The predicted octanol–water partition coefficient (Wildman–Crippen LogP) is 4.86. The van der Waals surface area contributed by atoms with Gasteiger partial charge in [0.1, 0.15) is 13.2 Å². The van der Waals surface area contributed by atoms with Gasteiger partial charge in [-0.25, -0.2) is 9.97 Å². The molecule has 37 heavy (non-hydrogen) atoms. The number of carboxylic acids is 1. The Morgan fingerprint density at radius 1 is 1.08 bits per heavy atom. The quantitative estimate of drug-likeness (QED) is 0.443. The Hall–Kier alpha value is -3.66. The van der Waals surface area contributed by atoms with Crippen molar-refractivity contribution in [3.05, 3.63) is 71.0 Å². The number of pyridine rings is 2. The van der Waals surface area contributed by atoms with Crippen LogP contribution in [-0.4, -0.2) is 38.4 Å². The molecule has 0 spiro atoms. The Balaban J connectivity index is 1.31. The highest BCUT2D eigenvalue weighted by Gasteiger charge is 2.59. The van der Waals surface area contributed by atoms with E-state index in [1.54, 1.807) is 30.5 Å². The Morgan fingerprint density at radius 2 is 1.81 bits per heavy atom. The van der Waals surface area contributed by atoms with Gasteiger partial charge < -0.3 is 19.7 Å². The number of rotatable bonds is 8. The van der Waals surface area contributed by atoms with Crippen molar-refractivity contribution in [2.75, 3.05) is 6.61 Å². The Bertz CT molecular complexity index is 1350. The van der Waals surface area contributed by atoms with Gasteiger partial charge in [-0.1, -0.05) is 18.2 Å². The maximum atomic E-state index is 13.9. The van der Waals surface area contributed by atoms with Crippen molar-refractivity contribution in [3.8, 4) is 22.9 Å². The van der Waals surface area contributed by atoms with Crippen LogP contribution in [0.25, 0.3) is 11.1 Å². The van der Waals surface area contributed by atoms with Crippen LogP contribution in [0.5, 0.6) is 11.8 Å². The summed E-state index contributed by atoms with van der Waals surface area (Å²) in [6, 6.07) is 9.18. The number of ether oxygens (including phenoxy) is 2. The number of aliphatic carboxylic acids is 1. The molecule has 10 heteroatoms. The van der Waals surface area contributed by atoms with Gasteiger partial charge in [0.05, 0.1) is 17.1 Å². The second kappa shape index (κ2) is 9.02. The lowest BCUT2D eigenvalue weighted by Gasteiger charge is -2.19. The average molecular weight is 515 g/mol. The van der Waals surface area contributed by atoms with E-state index in [0.29, 0.717) is 23.4 Å². The zero-order valence-electron chi connectivity index (χ0n) is 20.1. The van der Waals surface area contributed by atoms with Crippen LogP contribution < -0.4 is 9.47 Å². The smallest absolute Gasteiger partial charge is 0.417 e. The molecular weight excluding hydrogens is 489 g/mol. The van der Waals surface area contributed by atoms with Gasteiger partial charge in [0.25, 0.3) is 0 Å². The van der Waals surface area contributed by atoms with Gasteiger partial charge in [0.15, 0.2) is 0 Å². The van der Waals surface area contributed by atoms with E-state index in [1.807, 2.05) is 6.07 Å². The van der Waals surface area contributed by atoms with E-state index in [1.165, 1.54) is 13.8 Å². The molecule has 0 aliphatic heterocycles. The molecule has 0 amide bonds. The molecule has 3 atom stereocenters. The molecule has 194 valence electrons. The van der Waals surface area contributed by atoms with Crippen molar-refractivity contribution in [1.29, 1.82) is 0 Å². The molecule has 0 radical (unpaired) electrons. The molecule has 7 nitrogen and oxygen atoms in total. The maximum Gasteiger partial charge on any atom is 0.417 e. The highest BCUT2D eigenvalue weighted by Crippen LogP contribution is 2.61. The van der Waals surface area contributed by atoms with Crippen LogP contribution in [0, 0.1) is 11.8 Å². The van der Waals surface area contributed by atoms with Gasteiger partial charge in [-0.05, 0) is 54.5 Å². The van der Waals surface area contributed by atoms with Crippen LogP contribution in [0.15, 0.2) is 48.8 Å². The third kappa shape index (κ3) is 5.24. The first-order valence-corrected chi connectivity index (χ1v) is 11.8. The molecular formula is C27H25F3N2O5. The molecule has 0 bridgehead atoms. The Kier molecular flexibility index (Phi) is 6.10. The van der Waals surface area contributed by atoms with Crippen LogP contribution in [0.2, 0.25) is 0 Å². The van der Waals surface area contributed by atoms with Gasteiger partial charge in [-0.2, -0.15) is 13.2 Å². The number of fused-ring (bicyclic) bond motifs is 3. The largest absolute Gasteiger partial charge is 0.481 e. The molecule has 2 aromatic heterocycles. The van der Waals surface area contributed by atoms with Gasteiger partial charge in [0.2, 0.25) is 11.8 Å². The molecule has 2 N–H and O–H groups in total. The summed E-state index contributed by atoms with van der Waals surface area (Å²) in [6.07, 6.45) is -1.20. The van der Waals surface area contributed by atoms with E-state index in [4.69, 9.17) is 9.47 Å². The van der Waals surface area contributed by atoms with E-state index in [2.05, 4.69) is 9.97 Å². The third-order valence-electron chi connectivity index (χ3n) is 6.65. The minimum absolute atomic E-state index is 0.0223. The Morgan fingerprint density at radius 3 is 2.51 bits per heavy atom. The van der Waals surface area contributed by atoms with E-state index in [9.17, 15) is 28.2 Å². The van der Waals surface area contributed by atoms with Crippen molar-refractivity contribution in [3.63, 3.8) is 0 Å². The van der Waals surface area contributed by atoms with Crippen molar-refractivity contribution in [2.24, 2.45) is 11.8 Å². The fourth-order valence-corrected chi connectivity index (χ4v) is 4.90. The standard InChI is InChI=1S/C27H25F3N2O5/c1-26(2,35)13-37-22-9-20(27(28,29)30)18(10-31-22)15-5-3-4-14(6-15)12-36-21-8-16-7-17-23(19(16)11-32-21)24(17)25(33)34/h3-6,8-11,17,23-24,35H,7,12-13H2,1-2H3,(H,33,34)/t17-,23-,24?/m1/s1. The number of aliphatic hydroxyl groups is 1. The summed E-state index contributed by atoms with van der Waals surface area (Å²) in [5.74, 6) is -0.822. The number of aromatic nitrogens is 2. The van der Waals surface area contributed by atoms with Gasteiger partial charge in [-0.15, -0.1) is 0 Å². The Labute approximate surface area is 210 Å². The molecule has 2 aliphatic carbocycles. The second-order valence-electron chi connectivity index (χ2n) is 10.1. The van der Waals surface area contributed by atoms with E-state index in [-0.39, 0.29) is 42.4 Å². The van der Waals surface area contributed by atoms with Crippen LogP contribution in [0.3, 0.4) is 0 Å². The minimum Gasteiger partial charge on any atom is -0.481 e. The van der Waals surface area contributed by atoms with Crippen molar-refractivity contribution >= 4 is 5.97 Å². The molecule has 2 heterocycles. The lowest BCUT2D eigenvalue weighted by atomic mass is 10.00. The summed E-state index contributed by atoms with van der Waals surface area (Å²) in [6.45, 7) is 2.84. The molecule has 2 aliphatic rings. The number of halogens is 3. The van der Waals surface area contributed by atoms with Crippen molar-refractivity contribution in [1.82, 2.24) is 9.97 Å². The molecule has 1 fully saturated rings. The first-order chi connectivity index (χ1) is 17.4. The summed E-state index contributed by atoms with van der Waals surface area (Å²) < 4.78 is 52.7. The highest BCUT2D eigenvalue weighted by molar-refractivity contribution is 5.77. The van der Waals surface area contributed by atoms with Crippen molar-refractivity contribution < 1.29 is 37.7 Å². The molecule has 3 aromatic rings. The molecule has 5 rings (SSSR count). The number of nitrogens with zero attached hydrogens (tertiary/aromatic N) is 2. The summed E-state index contributed by atoms with van der Waals surface area (Å²) in [5.41, 5.74) is 0.716. The number of benzene rings is 1. The zero-order valence-corrected chi connectivity index (χ0v) is 20.1. The molecule has 1 saturated carbocycles. The SMILES string of the molecule is CC(C)(O)COc1cc(C(F)(F)F)c(-c2cccc(COc3cc4c(cn3)[C@@H]3C(C(=O)O)[C@@H]3C4)c2)cn1. The van der Waals surface area contributed by atoms with Crippen LogP contribution in [0.1, 0.15) is 42.0 Å². The zero-order chi connectivity index (χ0) is 26.5. The van der Waals surface area contributed by atoms with Gasteiger partial charge in [0, 0.05) is 36.0 Å². The van der Waals surface area contributed by atoms with Crippen LogP contribution in [-0.2, 0) is 24.0 Å². The number of alkyl halides is 3. The topological polar surface area (TPSA) is 102 Å². The normalized spacial score (nSPS) is 20.2. The summed E-state index contributed by atoms with van der Waals surface area (Å²) in [7, 11) is 0. The molecule has 1 aromatic carbocycles. The highest BCUT2D eigenvalue weighted by atomic mass is 19.4. The maximum absolute atomic E-state index is 13.9. The monoisotopic (exact) mass is 514 g/mol. The summed E-state index contributed by atoms with van der Waals surface area (Å²) in [4.78, 5) is 19.6. The van der Waals surface area contributed by atoms with Crippen molar-refractivity contribution in [2.45, 2.75) is 44.6 Å². The fraction of sp³-hybridized carbons (Fsp3) is 0.370. The predicted molar refractivity (Wildman–Crippen MR) is 126 cm³/mol. The van der Waals surface area contributed by atoms with Gasteiger partial charge in [-0.3, -0.25) is 4.79 Å².